The lowest BCUT2D eigenvalue weighted by atomic mass is 10.0. The molecule has 3 heteroatoms. The van der Waals surface area contributed by atoms with E-state index in [0.29, 0.717) is 5.92 Å². The second kappa shape index (κ2) is 6.21. The van der Waals surface area contributed by atoms with E-state index in [9.17, 15) is 0 Å². The molecule has 0 aromatic heterocycles. The normalized spacial score (nSPS) is 17.4. The van der Waals surface area contributed by atoms with Crippen molar-refractivity contribution in [2.75, 3.05) is 44.2 Å². The largest absolute Gasteiger partial charge is 0.369 e. The third kappa shape index (κ3) is 3.24. The molecular weight excluding hydrogens is 222 g/mol. The lowest BCUT2D eigenvalue weighted by Gasteiger charge is -2.36. The Morgan fingerprint density at radius 2 is 1.67 bits per heavy atom. The highest BCUT2D eigenvalue weighted by atomic mass is 15.3. The first-order valence-electron chi connectivity index (χ1n) is 6.98. The second-order valence-electron chi connectivity index (χ2n) is 5.36. The van der Waals surface area contributed by atoms with E-state index in [1.807, 2.05) is 0 Å². The Morgan fingerprint density at radius 1 is 1.06 bits per heavy atom. The van der Waals surface area contributed by atoms with E-state index in [-0.39, 0.29) is 0 Å². The monoisotopic (exact) mass is 247 g/mol. The van der Waals surface area contributed by atoms with Gasteiger partial charge in [0.05, 0.1) is 0 Å². The smallest absolute Gasteiger partial charge is 0.0367 e. The molecule has 0 bridgehead atoms. The van der Waals surface area contributed by atoms with Gasteiger partial charge >= 0.3 is 0 Å². The number of anilines is 1. The van der Waals surface area contributed by atoms with E-state index in [4.69, 9.17) is 5.73 Å². The van der Waals surface area contributed by atoms with Crippen LogP contribution in [0.15, 0.2) is 24.3 Å². The summed E-state index contributed by atoms with van der Waals surface area (Å²) in [5, 5.41) is 0. The fourth-order valence-corrected chi connectivity index (χ4v) is 2.48. The summed E-state index contributed by atoms with van der Waals surface area (Å²) in [4.78, 5) is 4.91. The highest BCUT2D eigenvalue weighted by Crippen LogP contribution is 2.21. The Bertz CT molecular complexity index is 351. The van der Waals surface area contributed by atoms with Crippen molar-refractivity contribution < 1.29 is 0 Å². The molecule has 1 aliphatic rings. The predicted octanol–water partition coefficient (Wildman–Crippen LogP) is 1.89. The SMILES string of the molecule is CC(C)c1ccc(N2CCN(CCN)CC2)cc1. The molecule has 0 saturated carbocycles. The molecule has 0 amide bonds. The van der Waals surface area contributed by atoms with E-state index in [0.717, 1.165) is 39.3 Å². The zero-order valence-electron chi connectivity index (χ0n) is 11.6. The van der Waals surface area contributed by atoms with E-state index < -0.39 is 0 Å². The quantitative estimate of drug-likeness (QED) is 0.882. The van der Waals surface area contributed by atoms with Gasteiger partial charge in [-0.15, -0.1) is 0 Å². The van der Waals surface area contributed by atoms with Crippen molar-refractivity contribution in [3.63, 3.8) is 0 Å². The van der Waals surface area contributed by atoms with E-state index >= 15 is 0 Å². The van der Waals surface area contributed by atoms with E-state index in [1.54, 1.807) is 0 Å². The Balaban J connectivity index is 1.93. The number of nitrogens with zero attached hydrogens (tertiary/aromatic N) is 2. The number of hydrogen-bond donors (Lipinski definition) is 1. The summed E-state index contributed by atoms with van der Waals surface area (Å²) < 4.78 is 0. The molecule has 2 rings (SSSR count). The van der Waals surface area contributed by atoms with Crippen LogP contribution in [0.5, 0.6) is 0 Å². The third-order valence-electron chi connectivity index (χ3n) is 3.74. The van der Waals surface area contributed by atoms with Gasteiger partial charge in [-0.05, 0) is 23.6 Å². The summed E-state index contributed by atoms with van der Waals surface area (Å²) in [7, 11) is 0. The molecule has 1 aromatic rings. The van der Waals surface area contributed by atoms with Crippen LogP contribution in [0.3, 0.4) is 0 Å². The van der Waals surface area contributed by atoms with Gasteiger partial charge < -0.3 is 10.6 Å². The van der Waals surface area contributed by atoms with E-state index in [1.165, 1.54) is 11.3 Å². The molecule has 0 radical (unpaired) electrons. The Hall–Kier alpha value is -1.06. The minimum Gasteiger partial charge on any atom is -0.369 e. The van der Waals surface area contributed by atoms with Crippen LogP contribution in [0.2, 0.25) is 0 Å². The lowest BCUT2D eigenvalue weighted by molar-refractivity contribution is 0.265. The maximum atomic E-state index is 5.59. The zero-order valence-corrected chi connectivity index (χ0v) is 11.6. The summed E-state index contributed by atoms with van der Waals surface area (Å²) >= 11 is 0. The van der Waals surface area contributed by atoms with Gasteiger partial charge in [0.2, 0.25) is 0 Å². The summed E-state index contributed by atoms with van der Waals surface area (Å²) in [6.07, 6.45) is 0. The first kappa shape index (κ1) is 13.4. The van der Waals surface area contributed by atoms with Gasteiger partial charge in [0.25, 0.3) is 0 Å². The molecular formula is C15H25N3. The van der Waals surface area contributed by atoms with Gasteiger partial charge in [-0.25, -0.2) is 0 Å². The third-order valence-corrected chi connectivity index (χ3v) is 3.74. The van der Waals surface area contributed by atoms with Crippen LogP contribution in [-0.2, 0) is 0 Å². The topological polar surface area (TPSA) is 32.5 Å². The summed E-state index contributed by atoms with van der Waals surface area (Å²) in [5.41, 5.74) is 8.37. The Kier molecular flexibility index (Phi) is 4.61. The molecule has 1 aliphatic heterocycles. The van der Waals surface area contributed by atoms with Crippen molar-refractivity contribution in [2.24, 2.45) is 5.73 Å². The van der Waals surface area contributed by atoms with Crippen molar-refractivity contribution in [3.8, 4) is 0 Å². The van der Waals surface area contributed by atoms with Crippen molar-refractivity contribution in [2.45, 2.75) is 19.8 Å². The molecule has 3 nitrogen and oxygen atoms in total. The molecule has 18 heavy (non-hydrogen) atoms. The van der Waals surface area contributed by atoms with Gasteiger partial charge in [-0.3, -0.25) is 4.90 Å². The van der Waals surface area contributed by atoms with Crippen LogP contribution in [0.4, 0.5) is 5.69 Å². The van der Waals surface area contributed by atoms with Gasteiger partial charge in [-0.1, -0.05) is 26.0 Å². The molecule has 0 unspecified atom stereocenters. The molecule has 0 spiro atoms. The summed E-state index contributed by atoms with van der Waals surface area (Å²) in [6.45, 7) is 10.7. The first-order chi connectivity index (χ1) is 8.70. The minimum absolute atomic E-state index is 0.612. The molecule has 1 heterocycles. The maximum Gasteiger partial charge on any atom is 0.0367 e. The fraction of sp³-hybridized carbons (Fsp3) is 0.600. The number of benzene rings is 1. The molecule has 0 aliphatic carbocycles. The van der Waals surface area contributed by atoms with Crippen LogP contribution in [-0.4, -0.2) is 44.2 Å². The second-order valence-corrected chi connectivity index (χ2v) is 5.36. The Labute approximate surface area is 111 Å². The molecule has 1 saturated heterocycles. The maximum absolute atomic E-state index is 5.59. The standard InChI is InChI=1S/C15H25N3/c1-13(2)14-3-5-15(6-4-14)18-11-9-17(8-7-16)10-12-18/h3-6,13H,7-12,16H2,1-2H3. The van der Waals surface area contributed by atoms with Crippen LogP contribution in [0.25, 0.3) is 0 Å². The molecule has 1 fully saturated rings. The van der Waals surface area contributed by atoms with Gasteiger partial charge in [0.1, 0.15) is 0 Å². The first-order valence-corrected chi connectivity index (χ1v) is 6.98. The highest BCUT2D eigenvalue weighted by molar-refractivity contribution is 5.48. The average Bonchev–Trinajstić information content (AvgIpc) is 2.40. The fourth-order valence-electron chi connectivity index (χ4n) is 2.48. The van der Waals surface area contributed by atoms with Crippen LogP contribution >= 0.6 is 0 Å². The molecule has 2 N–H and O–H groups in total. The highest BCUT2D eigenvalue weighted by Gasteiger charge is 2.16. The number of piperazine rings is 1. The van der Waals surface area contributed by atoms with E-state index in [2.05, 4.69) is 47.9 Å². The average molecular weight is 247 g/mol. The lowest BCUT2D eigenvalue weighted by Crippen LogP contribution is -2.47. The predicted molar refractivity (Wildman–Crippen MR) is 78.2 cm³/mol. The van der Waals surface area contributed by atoms with Crippen molar-refractivity contribution in [1.82, 2.24) is 4.90 Å². The zero-order chi connectivity index (χ0) is 13.0. The van der Waals surface area contributed by atoms with Crippen molar-refractivity contribution in [1.29, 1.82) is 0 Å². The van der Waals surface area contributed by atoms with Crippen molar-refractivity contribution >= 4 is 5.69 Å². The number of rotatable bonds is 4. The summed E-state index contributed by atoms with van der Waals surface area (Å²) in [6, 6.07) is 9.03. The minimum atomic E-state index is 0.612. The van der Waals surface area contributed by atoms with Crippen LogP contribution in [0.1, 0.15) is 25.3 Å². The van der Waals surface area contributed by atoms with Crippen molar-refractivity contribution in [3.05, 3.63) is 29.8 Å². The van der Waals surface area contributed by atoms with Gasteiger partial charge in [0.15, 0.2) is 0 Å². The molecule has 100 valence electrons. The Morgan fingerprint density at radius 3 is 2.17 bits per heavy atom. The van der Waals surface area contributed by atoms with Gasteiger partial charge in [-0.2, -0.15) is 0 Å². The summed E-state index contributed by atoms with van der Waals surface area (Å²) in [5.74, 6) is 0.612. The number of hydrogen-bond acceptors (Lipinski definition) is 3. The van der Waals surface area contributed by atoms with Gasteiger partial charge in [0, 0.05) is 45.0 Å². The van der Waals surface area contributed by atoms with Crippen LogP contribution < -0.4 is 10.6 Å². The number of nitrogens with two attached hydrogens (primary N) is 1. The van der Waals surface area contributed by atoms with Crippen LogP contribution in [0, 0.1) is 0 Å². The molecule has 1 aromatic carbocycles. The molecule has 0 atom stereocenters.